The van der Waals surface area contributed by atoms with Crippen LogP contribution in [0.4, 0.5) is 0 Å². The van der Waals surface area contributed by atoms with Gasteiger partial charge in [0.15, 0.2) is 0 Å². The molecule has 0 aromatic carbocycles. The number of rotatable bonds is 2. The molecule has 2 N–H and O–H groups in total. The number of halogens is 1. The van der Waals surface area contributed by atoms with Gasteiger partial charge in [0.25, 0.3) is 0 Å². The molecule has 1 aromatic heterocycles. The molecule has 1 fully saturated rings. The second kappa shape index (κ2) is 4.08. The van der Waals surface area contributed by atoms with E-state index in [9.17, 15) is 10.2 Å². The predicted molar refractivity (Wildman–Crippen MR) is 52.2 cm³/mol. The molecule has 0 spiro atoms. The number of hydrogen-bond donors (Lipinski definition) is 2. The zero-order chi connectivity index (χ0) is 10.1. The maximum Gasteiger partial charge on any atom is 0.207 e. The Morgan fingerprint density at radius 2 is 2.00 bits per heavy atom. The van der Waals surface area contributed by atoms with Crippen molar-refractivity contribution in [1.82, 2.24) is 15.1 Å². The van der Waals surface area contributed by atoms with Crippen LogP contribution in [0.1, 0.15) is 5.01 Å². The van der Waals surface area contributed by atoms with Crippen LogP contribution in [0.3, 0.4) is 0 Å². The van der Waals surface area contributed by atoms with E-state index in [4.69, 9.17) is 11.6 Å². The monoisotopic (exact) mass is 235 g/mol. The highest BCUT2D eigenvalue weighted by Gasteiger charge is 2.29. The van der Waals surface area contributed by atoms with Crippen LogP contribution in [0.15, 0.2) is 0 Å². The summed E-state index contributed by atoms with van der Waals surface area (Å²) in [6.07, 6.45) is -1.31. The van der Waals surface area contributed by atoms with E-state index in [0.29, 0.717) is 24.1 Å². The van der Waals surface area contributed by atoms with Gasteiger partial charge >= 0.3 is 0 Å². The average Bonchev–Trinajstić information content (AvgIpc) is 2.62. The molecule has 1 aliphatic rings. The Balaban J connectivity index is 1.93. The van der Waals surface area contributed by atoms with Crippen LogP contribution in [0.2, 0.25) is 4.47 Å². The molecular weight excluding hydrogens is 226 g/mol. The van der Waals surface area contributed by atoms with Gasteiger partial charge in [-0.25, -0.2) is 0 Å². The third-order valence-electron chi connectivity index (χ3n) is 2.14. The first-order chi connectivity index (χ1) is 6.65. The van der Waals surface area contributed by atoms with Gasteiger partial charge in [-0.05, 0) is 11.6 Å². The highest BCUT2D eigenvalue weighted by atomic mass is 35.5. The van der Waals surface area contributed by atoms with Crippen molar-refractivity contribution in [3.05, 3.63) is 9.47 Å². The molecule has 0 amide bonds. The Kier molecular flexibility index (Phi) is 2.99. The summed E-state index contributed by atoms with van der Waals surface area (Å²) in [5.74, 6) is 0. The molecule has 0 saturated carbocycles. The number of aromatic nitrogens is 2. The number of hydrogen-bond acceptors (Lipinski definition) is 6. The van der Waals surface area contributed by atoms with E-state index in [0.717, 1.165) is 5.01 Å². The number of aliphatic hydroxyl groups excluding tert-OH is 2. The van der Waals surface area contributed by atoms with Crippen LogP contribution in [0.25, 0.3) is 0 Å². The Morgan fingerprint density at radius 1 is 1.36 bits per heavy atom. The molecule has 14 heavy (non-hydrogen) atoms. The first-order valence-electron chi connectivity index (χ1n) is 4.21. The Hall–Kier alpha value is -0.270. The van der Waals surface area contributed by atoms with Crippen molar-refractivity contribution >= 4 is 22.9 Å². The lowest BCUT2D eigenvalue weighted by molar-refractivity contribution is 0.0572. The molecule has 0 aliphatic carbocycles. The Bertz CT molecular complexity index is 312. The van der Waals surface area contributed by atoms with Crippen LogP contribution in [0, 0.1) is 0 Å². The highest BCUT2D eigenvalue weighted by Crippen LogP contribution is 2.19. The highest BCUT2D eigenvalue weighted by molar-refractivity contribution is 7.15. The fraction of sp³-hybridized carbons (Fsp3) is 0.714. The van der Waals surface area contributed by atoms with Crippen molar-refractivity contribution in [2.75, 3.05) is 13.1 Å². The third-order valence-corrected chi connectivity index (χ3v) is 3.14. The van der Waals surface area contributed by atoms with Crippen molar-refractivity contribution in [1.29, 1.82) is 0 Å². The molecule has 2 unspecified atom stereocenters. The standard InChI is InChI=1S/C7H10ClN3O2S/c8-7-10-9-6(14-7)3-11-1-4(12)5(13)2-11/h4-5,12-13H,1-3H2. The van der Waals surface area contributed by atoms with Crippen molar-refractivity contribution in [2.45, 2.75) is 18.8 Å². The number of β-amino-alcohol motifs (C(OH)–C–C–N with tert-alkyl or cyclic N) is 2. The van der Waals surface area contributed by atoms with Crippen molar-refractivity contribution in [3.8, 4) is 0 Å². The molecule has 2 heterocycles. The van der Waals surface area contributed by atoms with Gasteiger partial charge in [-0.2, -0.15) is 0 Å². The number of aliphatic hydroxyl groups is 2. The molecule has 78 valence electrons. The lowest BCUT2D eigenvalue weighted by Crippen LogP contribution is -2.22. The molecule has 1 saturated heterocycles. The summed E-state index contributed by atoms with van der Waals surface area (Å²) in [5, 5.41) is 26.9. The fourth-order valence-corrected chi connectivity index (χ4v) is 2.37. The summed E-state index contributed by atoms with van der Waals surface area (Å²) in [6.45, 7) is 1.52. The summed E-state index contributed by atoms with van der Waals surface area (Å²) in [4.78, 5) is 1.92. The van der Waals surface area contributed by atoms with Crippen molar-refractivity contribution in [2.24, 2.45) is 0 Å². The molecule has 0 bridgehead atoms. The van der Waals surface area contributed by atoms with Crippen LogP contribution in [0.5, 0.6) is 0 Å². The summed E-state index contributed by atoms with van der Waals surface area (Å²) < 4.78 is 0.417. The van der Waals surface area contributed by atoms with Gasteiger partial charge in [0, 0.05) is 13.1 Å². The van der Waals surface area contributed by atoms with E-state index in [1.807, 2.05) is 4.90 Å². The van der Waals surface area contributed by atoms with Gasteiger partial charge < -0.3 is 10.2 Å². The lowest BCUT2D eigenvalue weighted by Gasteiger charge is -2.11. The maximum atomic E-state index is 9.30. The van der Waals surface area contributed by atoms with Gasteiger partial charge in [0.1, 0.15) is 5.01 Å². The van der Waals surface area contributed by atoms with E-state index >= 15 is 0 Å². The molecule has 0 radical (unpaired) electrons. The molecule has 2 rings (SSSR count). The predicted octanol–water partition coefficient (Wildman–Crippen LogP) is -0.271. The molecule has 5 nitrogen and oxygen atoms in total. The maximum absolute atomic E-state index is 9.30. The minimum atomic E-state index is -0.654. The summed E-state index contributed by atoms with van der Waals surface area (Å²) in [6, 6.07) is 0. The smallest absolute Gasteiger partial charge is 0.207 e. The van der Waals surface area contributed by atoms with E-state index in [1.54, 1.807) is 0 Å². The van der Waals surface area contributed by atoms with Gasteiger partial charge in [0.05, 0.1) is 18.8 Å². The van der Waals surface area contributed by atoms with Crippen molar-refractivity contribution < 1.29 is 10.2 Å². The third kappa shape index (κ3) is 2.21. The van der Waals surface area contributed by atoms with E-state index in [1.165, 1.54) is 11.3 Å². The summed E-state index contributed by atoms with van der Waals surface area (Å²) in [7, 11) is 0. The Morgan fingerprint density at radius 3 is 2.50 bits per heavy atom. The fourth-order valence-electron chi connectivity index (χ4n) is 1.46. The van der Waals surface area contributed by atoms with E-state index in [-0.39, 0.29) is 0 Å². The quantitative estimate of drug-likeness (QED) is 0.739. The van der Waals surface area contributed by atoms with E-state index in [2.05, 4.69) is 10.2 Å². The number of likely N-dealkylation sites (tertiary alicyclic amines) is 1. The lowest BCUT2D eigenvalue weighted by atomic mass is 10.3. The minimum Gasteiger partial charge on any atom is -0.389 e. The molecule has 2 atom stereocenters. The summed E-state index contributed by atoms with van der Waals surface area (Å²) >= 11 is 6.95. The van der Waals surface area contributed by atoms with Crippen molar-refractivity contribution in [3.63, 3.8) is 0 Å². The van der Waals surface area contributed by atoms with Crippen LogP contribution in [-0.2, 0) is 6.54 Å². The molecular formula is C7H10ClN3O2S. The first kappa shape index (κ1) is 10.3. The molecule has 1 aliphatic heterocycles. The topological polar surface area (TPSA) is 69.5 Å². The SMILES string of the molecule is OC1CN(Cc2nnc(Cl)s2)CC1O. The second-order valence-electron chi connectivity index (χ2n) is 3.28. The van der Waals surface area contributed by atoms with Crippen LogP contribution < -0.4 is 0 Å². The second-order valence-corrected chi connectivity index (χ2v) is 4.92. The van der Waals surface area contributed by atoms with Gasteiger partial charge in [-0.3, -0.25) is 4.90 Å². The van der Waals surface area contributed by atoms with Crippen LogP contribution >= 0.6 is 22.9 Å². The summed E-state index contributed by atoms with van der Waals surface area (Å²) in [5.41, 5.74) is 0. The van der Waals surface area contributed by atoms with Gasteiger partial charge in [-0.1, -0.05) is 11.3 Å². The molecule has 7 heteroatoms. The average molecular weight is 236 g/mol. The molecule has 1 aromatic rings. The normalized spacial score (nSPS) is 28.5. The zero-order valence-electron chi connectivity index (χ0n) is 7.30. The minimum absolute atomic E-state index is 0.417. The zero-order valence-corrected chi connectivity index (χ0v) is 8.87. The van der Waals surface area contributed by atoms with E-state index < -0.39 is 12.2 Å². The largest absolute Gasteiger partial charge is 0.389 e. The number of nitrogens with zero attached hydrogens (tertiary/aromatic N) is 3. The van der Waals surface area contributed by atoms with Gasteiger partial charge in [-0.15, -0.1) is 10.2 Å². The Labute approximate surface area is 89.9 Å². The van der Waals surface area contributed by atoms with Crippen LogP contribution in [-0.4, -0.2) is 50.6 Å². The first-order valence-corrected chi connectivity index (χ1v) is 5.41. The van der Waals surface area contributed by atoms with Gasteiger partial charge in [0.2, 0.25) is 4.47 Å².